The second-order valence-corrected chi connectivity index (χ2v) is 6.71. The van der Waals surface area contributed by atoms with Gasteiger partial charge in [0.25, 0.3) is 0 Å². The fourth-order valence-corrected chi connectivity index (χ4v) is 3.26. The van der Waals surface area contributed by atoms with Crippen molar-refractivity contribution in [2.75, 3.05) is 5.75 Å². The molecule has 1 aromatic heterocycles. The fourth-order valence-electron chi connectivity index (χ4n) is 2.36. The molecule has 0 aliphatic rings. The van der Waals surface area contributed by atoms with Crippen LogP contribution in [0.25, 0.3) is 16.9 Å². The van der Waals surface area contributed by atoms with E-state index in [1.54, 1.807) is 11.8 Å². The number of aryl methyl sites for hydroxylation is 1. The van der Waals surface area contributed by atoms with Crippen LogP contribution in [-0.4, -0.2) is 15.3 Å². The summed E-state index contributed by atoms with van der Waals surface area (Å²) in [5, 5.41) is 1.72. The minimum Gasteiger partial charge on any atom is -0.287 e. The van der Waals surface area contributed by atoms with E-state index >= 15 is 0 Å². The van der Waals surface area contributed by atoms with Crippen LogP contribution in [0.5, 0.6) is 0 Å². The largest absolute Gasteiger partial charge is 0.287 e. The zero-order valence-corrected chi connectivity index (χ0v) is 14.2. The molecule has 2 nitrogen and oxygen atoms in total. The molecule has 0 radical (unpaired) electrons. The quantitative estimate of drug-likeness (QED) is 0.579. The van der Waals surface area contributed by atoms with Crippen molar-refractivity contribution in [3.63, 3.8) is 0 Å². The van der Waals surface area contributed by atoms with Crippen LogP contribution >= 0.6 is 23.4 Å². The zero-order valence-electron chi connectivity index (χ0n) is 12.6. The first kappa shape index (κ1) is 15.2. The Morgan fingerprint density at radius 2 is 1.91 bits per heavy atom. The number of aromatic nitrogens is 2. The van der Waals surface area contributed by atoms with Gasteiger partial charge >= 0.3 is 0 Å². The summed E-state index contributed by atoms with van der Waals surface area (Å²) in [4.78, 5) is 4.59. The Bertz CT molecular complexity index is 778. The first-order valence-electron chi connectivity index (χ1n) is 7.22. The Labute approximate surface area is 140 Å². The van der Waals surface area contributed by atoms with Crippen LogP contribution in [-0.2, 0) is 0 Å². The van der Waals surface area contributed by atoms with Crippen LogP contribution < -0.4 is 0 Å². The summed E-state index contributed by atoms with van der Waals surface area (Å²) in [6, 6.07) is 16.4. The number of hydrogen-bond acceptors (Lipinski definition) is 2. The molecule has 0 saturated heterocycles. The molecule has 3 rings (SSSR count). The van der Waals surface area contributed by atoms with E-state index in [1.165, 1.54) is 5.56 Å². The van der Waals surface area contributed by atoms with Crippen LogP contribution in [0.2, 0.25) is 5.02 Å². The molecule has 22 heavy (non-hydrogen) atoms. The predicted molar refractivity (Wildman–Crippen MR) is 95.1 cm³/mol. The molecule has 0 N–H and O–H groups in total. The average Bonchev–Trinajstić information content (AvgIpc) is 2.92. The van der Waals surface area contributed by atoms with Crippen molar-refractivity contribution < 1.29 is 0 Å². The van der Waals surface area contributed by atoms with Gasteiger partial charge in [0.1, 0.15) is 0 Å². The van der Waals surface area contributed by atoms with Crippen molar-refractivity contribution in [3.05, 3.63) is 65.3 Å². The highest BCUT2D eigenvalue weighted by Gasteiger charge is 2.13. The van der Waals surface area contributed by atoms with Gasteiger partial charge in [-0.2, -0.15) is 0 Å². The summed E-state index contributed by atoms with van der Waals surface area (Å²) in [5.74, 6) is 0.977. The third-order valence-corrected chi connectivity index (χ3v) is 4.49. The Balaban J connectivity index is 2.17. The maximum Gasteiger partial charge on any atom is 0.173 e. The molecule has 112 valence electrons. The number of thioether (sulfide) groups is 1. The molecule has 0 spiro atoms. The van der Waals surface area contributed by atoms with Crippen molar-refractivity contribution in [2.24, 2.45) is 0 Å². The Kier molecular flexibility index (Phi) is 4.55. The van der Waals surface area contributed by atoms with Crippen LogP contribution in [0.3, 0.4) is 0 Å². The average molecular weight is 329 g/mol. The fraction of sp³-hybridized carbons (Fsp3) is 0.167. The summed E-state index contributed by atoms with van der Waals surface area (Å²) in [6.45, 7) is 4.23. The lowest BCUT2D eigenvalue weighted by Crippen LogP contribution is -1.99. The van der Waals surface area contributed by atoms with Gasteiger partial charge in [0.2, 0.25) is 0 Å². The SMILES string of the molecule is CCSc1ncc(-c2ccc(C)cc2)n1-c1cccc(Cl)c1. The second kappa shape index (κ2) is 6.59. The third-order valence-electron chi connectivity index (χ3n) is 3.42. The van der Waals surface area contributed by atoms with Crippen molar-refractivity contribution in [2.45, 2.75) is 19.0 Å². The molecule has 0 atom stereocenters. The lowest BCUT2D eigenvalue weighted by Gasteiger charge is -2.12. The number of benzene rings is 2. The van der Waals surface area contributed by atoms with Gasteiger partial charge in [0, 0.05) is 16.3 Å². The zero-order chi connectivity index (χ0) is 15.5. The lowest BCUT2D eigenvalue weighted by atomic mass is 10.1. The summed E-state index contributed by atoms with van der Waals surface area (Å²) in [6.07, 6.45) is 1.93. The molecule has 0 amide bonds. The molecule has 0 aliphatic heterocycles. The Morgan fingerprint density at radius 3 is 2.59 bits per heavy atom. The molecule has 0 saturated carbocycles. The number of rotatable bonds is 4. The van der Waals surface area contributed by atoms with Gasteiger partial charge in [-0.15, -0.1) is 0 Å². The van der Waals surface area contributed by atoms with Crippen molar-refractivity contribution >= 4 is 23.4 Å². The van der Waals surface area contributed by atoms with E-state index in [-0.39, 0.29) is 0 Å². The lowest BCUT2D eigenvalue weighted by molar-refractivity contribution is 0.901. The summed E-state index contributed by atoms with van der Waals surface area (Å²) >= 11 is 7.90. The third kappa shape index (κ3) is 3.06. The van der Waals surface area contributed by atoms with E-state index in [2.05, 4.69) is 53.7 Å². The van der Waals surface area contributed by atoms with E-state index in [1.807, 2.05) is 24.4 Å². The molecule has 0 unspecified atom stereocenters. The number of imidazole rings is 1. The minimum atomic E-state index is 0.730. The molecular formula is C18H17ClN2S. The van der Waals surface area contributed by atoms with Gasteiger partial charge in [-0.25, -0.2) is 4.98 Å². The maximum atomic E-state index is 6.17. The molecular weight excluding hydrogens is 312 g/mol. The van der Waals surface area contributed by atoms with E-state index in [4.69, 9.17) is 11.6 Å². The van der Waals surface area contributed by atoms with Gasteiger partial charge in [-0.05, 0) is 30.9 Å². The van der Waals surface area contributed by atoms with Crippen molar-refractivity contribution in [1.29, 1.82) is 0 Å². The van der Waals surface area contributed by atoms with Gasteiger partial charge in [0.05, 0.1) is 11.9 Å². The van der Waals surface area contributed by atoms with Gasteiger partial charge < -0.3 is 0 Å². The minimum absolute atomic E-state index is 0.730. The van der Waals surface area contributed by atoms with Gasteiger partial charge in [0.15, 0.2) is 5.16 Å². The normalized spacial score (nSPS) is 10.9. The van der Waals surface area contributed by atoms with Crippen LogP contribution in [0.1, 0.15) is 12.5 Å². The van der Waals surface area contributed by atoms with Crippen LogP contribution in [0.4, 0.5) is 0 Å². The monoisotopic (exact) mass is 328 g/mol. The van der Waals surface area contributed by atoms with E-state index in [9.17, 15) is 0 Å². The van der Waals surface area contributed by atoms with Crippen LogP contribution in [0.15, 0.2) is 59.9 Å². The number of hydrogen-bond donors (Lipinski definition) is 0. The first-order valence-corrected chi connectivity index (χ1v) is 8.59. The molecule has 3 aromatic rings. The van der Waals surface area contributed by atoms with E-state index in [0.29, 0.717) is 0 Å². The Hall–Kier alpha value is -1.71. The highest BCUT2D eigenvalue weighted by atomic mass is 35.5. The smallest absolute Gasteiger partial charge is 0.173 e. The Morgan fingerprint density at radius 1 is 1.14 bits per heavy atom. The topological polar surface area (TPSA) is 17.8 Å². The van der Waals surface area contributed by atoms with Crippen LogP contribution in [0, 0.1) is 6.92 Å². The maximum absolute atomic E-state index is 6.17. The van der Waals surface area contributed by atoms with Gasteiger partial charge in [-0.1, -0.05) is 66.2 Å². The standard InChI is InChI=1S/C18H17ClN2S/c1-3-22-18-20-12-17(14-9-7-13(2)8-10-14)21(18)16-6-4-5-15(19)11-16/h4-12H,3H2,1-2H3. The first-order chi connectivity index (χ1) is 10.7. The molecule has 0 aliphatic carbocycles. The van der Waals surface area contributed by atoms with E-state index in [0.717, 1.165) is 32.9 Å². The summed E-state index contributed by atoms with van der Waals surface area (Å²) < 4.78 is 2.17. The van der Waals surface area contributed by atoms with Crippen molar-refractivity contribution in [1.82, 2.24) is 9.55 Å². The van der Waals surface area contributed by atoms with E-state index < -0.39 is 0 Å². The predicted octanol–water partition coefficient (Wildman–Crippen LogP) is 5.61. The number of halogens is 1. The molecule has 4 heteroatoms. The summed E-state index contributed by atoms with van der Waals surface area (Å²) in [7, 11) is 0. The number of nitrogens with zero attached hydrogens (tertiary/aromatic N) is 2. The second-order valence-electron chi connectivity index (χ2n) is 5.04. The molecule has 2 aromatic carbocycles. The summed E-state index contributed by atoms with van der Waals surface area (Å²) in [5.41, 5.74) is 4.52. The molecule has 0 bridgehead atoms. The molecule has 0 fully saturated rings. The highest BCUT2D eigenvalue weighted by Crippen LogP contribution is 2.30. The molecule has 1 heterocycles. The van der Waals surface area contributed by atoms with Gasteiger partial charge in [-0.3, -0.25) is 4.57 Å². The highest BCUT2D eigenvalue weighted by molar-refractivity contribution is 7.99. The van der Waals surface area contributed by atoms with Crippen molar-refractivity contribution in [3.8, 4) is 16.9 Å².